The number of thiol groups is 1. The number of carbonyl (C=O) groups excluding carboxylic acids is 2. The van der Waals surface area contributed by atoms with E-state index < -0.39 is 70.2 Å². The van der Waals surface area contributed by atoms with Gasteiger partial charge in [0.15, 0.2) is 5.78 Å². The zero-order valence-corrected chi connectivity index (χ0v) is 25.1. The molecule has 1 unspecified atom stereocenters. The molecule has 0 spiro atoms. The number of esters is 1. The molecule has 1 atom stereocenters. The van der Waals surface area contributed by atoms with Crippen LogP contribution in [-0.4, -0.2) is 44.5 Å². The van der Waals surface area contributed by atoms with Crippen molar-refractivity contribution in [1.29, 1.82) is 0 Å². The molecule has 0 bridgehead atoms. The molecule has 0 aliphatic heterocycles. The molecule has 13 heteroatoms. The van der Waals surface area contributed by atoms with Gasteiger partial charge in [-0.1, -0.05) is 56.3 Å². The lowest BCUT2D eigenvalue weighted by Crippen LogP contribution is -2.52. The summed E-state index contributed by atoms with van der Waals surface area (Å²) in [4.78, 5) is 27.3. The van der Waals surface area contributed by atoms with E-state index in [0.717, 1.165) is 15.9 Å². The van der Waals surface area contributed by atoms with E-state index in [0.29, 0.717) is 4.90 Å². The predicted molar refractivity (Wildman–Crippen MR) is 151 cm³/mol. The Bertz CT molecular complexity index is 1550. The lowest BCUT2D eigenvalue weighted by atomic mass is 10.1. The van der Waals surface area contributed by atoms with Crippen molar-refractivity contribution in [2.75, 3.05) is 0 Å². The van der Waals surface area contributed by atoms with Crippen molar-refractivity contribution in [3.63, 3.8) is 0 Å². The molecule has 8 nitrogen and oxygen atoms in total. The molecule has 0 aliphatic rings. The Hall–Kier alpha value is -3.29. The topological polar surface area (TPSA) is 121 Å². The molecule has 3 aromatic rings. The van der Waals surface area contributed by atoms with Crippen molar-refractivity contribution in [2.24, 2.45) is 5.92 Å². The number of halogens is 2. The highest BCUT2D eigenvalue weighted by atomic mass is 32.3. The van der Waals surface area contributed by atoms with Gasteiger partial charge in [0.1, 0.15) is 5.75 Å². The van der Waals surface area contributed by atoms with E-state index in [1.807, 2.05) is 60.7 Å². The predicted octanol–water partition coefficient (Wildman–Crippen LogP) is 5.38. The molecule has 0 amide bonds. The van der Waals surface area contributed by atoms with Crippen molar-refractivity contribution in [3.05, 3.63) is 84.9 Å². The summed E-state index contributed by atoms with van der Waals surface area (Å²) in [6.45, 7) is 4.98. The second kappa shape index (κ2) is 12.7. The van der Waals surface area contributed by atoms with Crippen LogP contribution in [0.3, 0.4) is 0 Å². The summed E-state index contributed by atoms with van der Waals surface area (Å²) in [5.41, 5.74) is 0. The van der Waals surface area contributed by atoms with Crippen LogP contribution in [0.25, 0.3) is 0 Å². The highest BCUT2D eigenvalue weighted by Crippen LogP contribution is 2.52. The number of benzene rings is 3. The number of hydrogen-bond acceptors (Lipinski definition) is 8. The number of sulfone groups is 1. The summed E-state index contributed by atoms with van der Waals surface area (Å²) in [7, 11) is -13.9. The van der Waals surface area contributed by atoms with Crippen LogP contribution >= 0.6 is 10.9 Å². The van der Waals surface area contributed by atoms with Crippen molar-refractivity contribution >= 4 is 42.6 Å². The summed E-state index contributed by atoms with van der Waals surface area (Å²) in [6.07, 6.45) is -0.964. The lowest BCUT2D eigenvalue weighted by Gasteiger charge is -2.25. The van der Waals surface area contributed by atoms with Crippen LogP contribution in [0, 0.1) is 5.92 Å². The summed E-state index contributed by atoms with van der Waals surface area (Å²) >= 11 is 0. The van der Waals surface area contributed by atoms with Crippen LogP contribution in [0.2, 0.25) is 0 Å². The van der Waals surface area contributed by atoms with Crippen LogP contribution < -0.4 is 4.18 Å². The van der Waals surface area contributed by atoms with Crippen LogP contribution in [0.1, 0.15) is 27.7 Å². The zero-order chi connectivity index (χ0) is 30.6. The summed E-state index contributed by atoms with van der Waals surface area (Å²) in [5, 5.41) is -3.08. The van der Waals surface area contributed by atoms with Gasteiger partial charge in [-0.15, -0.1) is 0 Å². The standard InChI is InChI=1S/C28H30F2O8S3/c1-19(2)25(31)26(27(32)37-20(3)4)40(33,34)28(29,30)41(35,36)38-21-12-11-17-24(18-21)39(22-13-7-5-8-14-22)23-15-9-6-10-16-23/h5-20,26,39H,1-4H3. The highest BCUT2D eigenvalue weighted by molar-refractivity contribution is 8.17. The molecular formula is C28H30F2O8S3. The first-order valence-electron chi connectivity index (χ1n) is 12.4. The van der Waals surface area contributed by atoms with Gasteiger partial charge in [0.2, 0.25) is 5.25 Å². The van der Waals surface area contributed by atoms with Crippen molar-refractivity contribution < 1.29 is 44.1 Å². The van der Waals surface area contributed by atoms with Gasteiger partial charge in [0.25, 0.3) is 9.84 Å². The molecule has 3 aromatic carbocycles. The van der Waals surface area contributed by atoms with Gasteiger partial charge in [-0.25, -0.2) is 8.42 Å². The van der Waals surface area contributed by atoms with Crippen molar-refractivity contribution in [1.82, 2.24) is 0 Å². The molecule has 0 saturated carbocycles. The first-order chi connectivity index (χ1) is 19.1. The third-order valence-electron chi connectivity index (χ3n) is 5.64. The van der Waals surface area contributed by atoms with Gasteiger partial charge in [-0.3, -0.25) is 9.59 Å². The fraction of sp³-hybridized carbons (Fsp3) is 0.286. The van der Waals surface area contributed by atoms with E-state index in [1.54, 1.807) is 6.07 Å². The zero-order valence-electron chi connectivity index (χ0n) is 22.6. The molecule has 0 aliphatic carbocycles. The third kappa shape index (κ3) is 6.96. The number of Topliss-reactive ketones (excluding diaryl/α,β-unsaturated/α-hetero) is 1. The number of carbonyl (C=O) groups is 2. The fourth-order valence-electron chi connectivity index (χ4n) is 3.72. The minimum absolute atomic E-state index is 0.532. The Labute approximate surface area is 241 Å². The minimum atomic E-state index is -6.35. The van der Waals surface area contributed by atoms with E-state index in [1.165, 1.54) is 39.8 Å². The normalized spacial score (nSPS) is 13.5. The number of rotatable bonds is 12. The van der Waals surface area contributed by atoms with Gasteiger partial charge < -0.3 is 8.92 Å². The lowest BCUT2D eigenvalue weighted by molar-refractivity contribution is -0.149. The maximum atomic E-state index is 15.4. The van der Waals surface area contributed by atoms with E-state index in [2.05, 4.69) is 4.18 Å². The molecule has 41 heavy (non-hydrogen) atoms. The second-order valence-corrected chi connectivity index (χ2v) is 15.6. The second-order valence-electron chi connectivity index (χ2n) is 9.47. The molecule has 0 radical (unpaired) electrons. The molecule has 0 saturated heterocycles. The molecule has 3 rings (SSSR count). The van der Waals surface area contributed by atoms with Gasteiger partial charge in [-0.2, -0.15) is 28.1 Å². The largest absolute Gasteiger partial charge is 0.482 e. The Kier molecular flexibility index (Phi) is 9.98. The number of alkyl halides is 2. The van der Waals surface area contributed by atoms with Gasteiger partial charge >= 0.3 is 20.7 Å². The smallest absolute Gasteiger partial charge is 0.462 e. The third-order valence-corrected chi connectivity index (χ3v) is 12.1. The Morgan fingerprint density at radius 1 is 0.756 bits per heavy atom. The Morgan fingerprint density at radius 3 is 1.71 bits per heavy atom. The van der Waals surface area contributed by atoms with Gasteiger partial charge in [0.05, 0.1) is 6.10 Å². The number of ether oxygens (including phenoxy) is 1. The Morgan fingerprint density at radius 2 is 1.24 bits per heavy atom. The first-order valence-corrected chi connectivity index (χ1v) is 16.7. The van der Waals surface area contributed by atoms with Crippen LogP contribution in [0.5, 0.6) is 5.75 Å². The monoisotopic (exact) mass is 628 g/mol. The summed E-state index contributed by atoms with van der Waals surface area (Å²) < 4.78 is 86.0. The molecule has 222 valence electrons. The van der Waals surface area contributed by atoms with E-state index in [4.69, 9.17) is 4.74 Å². The van der Waals surface area contributed by atoms with E-state index in [9.17, 15) is 26.4 Å². The fourth-order valence-corrected chi connectivity index (χ4v) is 9.19. The van der Waals surface area contributed by atoms with Crippen LogP contribution in [0.4, 0.5) is 8.78 Å². The first kappa shape index (κ1) is 32.2. The number of hydrogen-bond donors (Lipinski definition) is 1. The van der Waals surface area contributed by atoms with E-state index >= 15 is 8.78 Å². The maximum absolute atomic E-state index is 15.4. The minimum Gasteiger partial charge on any atom is -0.462 e. The van der Waals surface area contributed by atoms with Crippen molar-refractivity contribution in [2.45, 2.75) is 58.3 Å². The summed E-state index contributed by atoms with van der Waals surface area (Å²) in [5.74, 6) is -5.02. The van der Waals surface area contributed by atoms with Crippen LogP contribution in [0.15, 0.2) is 99.6 Å². The quantitative estimate of drug-likeness (QED) is 0.123. The van der Waals surface area contributed by atoms with Gasteiger partial charge in [0, 0.05) is 5.92 Å². The average Bonchev–Trinajstić information content (AvgIpc) is 2.89. The van der Waals surface area contributed by atoms with E-state index in [-0.39, 0.29) is 0 Å². The molecule has 0 N–H and O–H groups in total. The summed E-state index contributed by atoms with van der Waals surface area (Å²) in [6, 6.07) is 23.8. The maximum Gasteiger partial charge on any atom is 0.482 e. The Balaban J connectivity index is 2.04. The highest BCUT2D eigenvalue weighted by Gasteiger charge is 2.66. The SMILES string of the molecule is CC(C)OC(=O)C(C(=O)C(C)C)S(=O)(=O)C(F)(F)S(=O)(=O)Oc1cccc([SH](c2ccccc2)c2ccccc2)c1. The molecular weight excluding hydrogens is 598 g/mol. The van der Waals surface area contributed by atoms with Crippen LogP contribution in [-0.2, 0) is 34.3 Å². The molecule has 0 fully saturated rings. The molecule has 0 heterocycles. The molecule has 0 aromatic heterocycles. The number of ketones is 1. The van der Waals surface area contributed by atoms with Gasteiger partial charge in [-0.05, 0) is 71.0 Å². The average molecular weight is 629 g/mol. The van der Waals surface area contributed by atoms with Crippen molar-refractivity contribution in [3.8, 4) is 5.75 Å².